The van der Waals surface area contributed by atoms with E-state index in [9.17, 15) is 9.59 Å². The first kappa shape index (κ1) is 17.9. The van der Waals surface area contributed by atoms with Gasteiger partial charge >= 0.3 is 0 Å². The molecule has 0 atom stereocenters. The van der Waals surface area contributed by atoms with Gasteiger partial charge in [-0.2, -0.15) is 0 Å². The lowest BCUT2D eigenvalue weighted by Crippen LogP contribution is -2.54. The van der Waals surface area contributed by atoms with Gasteiger partial charge in [-0.3, -0.25) is 19.8 Å². The Bertz CT molecular complexity index is 943. The van der Waals surface area contributed by atoms with Gasteiger partial charge in [0.05, 0.1) is 5.69 Å². The quantitative estimate of drug-likeness (QED) is 0.512. The van der Waals surface area contributed by atoms with E-state index in [2.05, 4.69) is 5.32 Å². The van der Waals surface area contributed by atoms with Crippen molar-refractivity contribution in [3.63, 3.8) is 0 Å². The maximum absolute atomic E-state index is 13.0. The molecule has 1 aromatic heterocycles. The van der Waals surface area contributed by atoms with Crippen LogP contribution in [0.25, 0.3) is 6.08 Å². The summed E-state index contributed by atoms with van der Waals surface area (Å²) in [7, 11) is 3.68. The van der Waals surface area contributed by atoms with Crippen LogP contribution >= 0.6 is 12.2 Å². The van der Waals surface area contributed by atoms with Crippen LogP contribution in [-0.2, 0) is 9.59 Å². The maximum Gasteiger partial charge on any atom is 0.270 e. The van der Waals surface area contributed by atoms with E-state index in [0.29, 0.717) is 17.3 Å². The summed E-state index contributed by atoms with van der Waals surface area (Å²) in [6.45, 7) is 3.87. The number of anilines is 2. The van der Waals surface area contributed by atoms with E-state index in [1.165, 1.54) is 11.0 Å². The van der Waals surface area contributed by atoms with Crippen LogP contribution in [0.5, 0.6) is 0 Å². The van der Waals surface area contributed by atoms with E-state index >= 15 is 0 Å². The van der Waals surface area contributed by atoms with Crippen LogP contribution in [0.1, 0.15) is 16.9 Å². The van der Waals surface area contributed by atoms with E-state index < -0.39 is 11.8 Å². The lowest BCUT2D eigenvalue weighted by molar-refractivity contribution is -0.122. The Morgan fingerprint density at radius 1 is 1.15 bits per heavy atom. The Kier molecular flexibility index (Phi) is 4.65. The monoisotopic (exact) mass is 369 g/mol. The van der Waals surface area contributed by atoms with Crippen molar-refractivity contribution in [1.29, 1.82) is 0 Å². The molecule has 0 unspecified atom stereocenters. The molecule has 0 bridgehead atoms. The molecule has 6 nitrogen and oxygen atoms in total. The van der Waals surface area contributed by atoms with Crippen molar-refractivity contribution >= 4 is 46.8 Å². The maximum atomic E-state index is 13.0. The fraction of sp³-hybridized carbons (Fsp3) is 0.211. The van der Waals surface area contributed by atoms with Gasteiger partial charge in [0.2, 0.25) is 0 Å². The number of nitrogens with one attached hydrogen (secondary N) is 1. The summed E-state index contributed by atoms with van der Waals surface area (Å²) < 4.78 is 5.62. The minimum Gasteiger partial charge on any atom is -0.441 e. The van der Waals surface area contributed by atoms with Crippen LogP contribution in [-0.4, -0.2) is 31.0 Å². The zero-order valence-corrected chi connectivity index (χ0v) is 15.8. The van der Waals surface area contributed by atoms with Crippen LogP contribution < -0.4 is 15.1 Å². The molecule has 0 aliphatic carbocycles. The van der Waals surface area contributed by atoms with Crippen molar-refractivity contribution in [1.82, 2.24) is 5.32 Å². The SMILES string of the molecule is Cc1cccc(N2C(=O)/C(=C/c3ccc(N(C)C)o3)C(=O)NC2=S)c1C. The Morgan fingerprint density at radius 2 is 1.88 bits per heavy atom. The van der Waals surface area contributed by atoms with Crippen molar-refractivity contribution in [2.45, 2.75) is 13.8 Å². The molecule has 1 N–H and O–H groups in total. The number of rotatable bonds is 3. The number of furan rings is 1. The van der Waals surface area contributed by atoms with Gasteiger partial charge in [-0.15, -0.1) is 0 Å². The van der Waals surface area contributed by atoms with Crippen molar-refractivity contribution in [2.24, 2.45) is 0 Å². The predicted molar refractivity (Wildman–Crippen MR) is 105 cm³/mol. The van der Waals surface area contributed by atoms with Gasteiger partial charge in [0, 0.05) is 20.2 Å². The number of carbonyl (C=O) groups excluding carboxylic acids is 2. The highest BCUT2D eigenvalue weighted by Gasteiger charge is 2.35. The molecular weight excluding hydrogens is 350 g/mol. The molecule has 2 amide bonds. The number of amides is 2. The Labute approximate surface area is 157 Å². The molecule has 1 aliphatic rings. The molecular formula is C19H19N3O3S. The zero-order valence-electron chi connectivity index (χ0n) is 15.0. The number of nitrogens with zero attached hydrogens (tertiary/aromatic N) is 2. The zero-order chi connectivity index (χ0) is 19.0. The first-order valence-corrected chi connectivity index (χ1v) is 8.45. The summed E-state index contributed by atoms with van der Waals surface area (Å²) in [6.07, 6.45) is 1.44. The summed E-state index contributed by atoms with van der Waals surface area (Å²) in [5.74, 6) is 0.0305. The molecule has 2 heterocycles. The molecule has 7 heteroatoms. The average molecular weight is 369 g/mol. The van der Waals surface area contributed by atoms with E-state index in [0.717, 1.165) is 11.1 Å². The minimum atomic E-state index is -0.538. The fourth-order valence-electron chi connectivity index (χ4n) is 2.66. The number of hydrogen-bond donors (Lipinski definition) is 1. The number of benzene rings is 1. The number of hydrogen-bond acceptors (Lipinski definition) is 5. The van der Waals surface area contributed by atoms with Crippen LogP contribution in [0, 0.1) is 13.8 Å². The third-order valence-corrected chi connectivity index (χ3v) is 4.54. The summed E-state index contributed by atoms with van der Waals surface area (Å²) in [4.78, 5) is 28.5. The number of carbonyl (C=O) groups is 2. The smallest absolute Gasteiger partial charge is 0.270 e. The van der Waals surface area contributed by atoms with Gasteiger partial charge in [-0.25, -0.2) is 0 Å². The van der Waals surface area contributed by atoms with Crippen LogP contribution in [0.3, 0.4) is 0 Å². The molecule has 1 aliphatic heterocycles. The first-order chi connectivity index (χ1) is 12.3. The first-order valence-electron chi connectivity index (χ1n) is 8.04. The average Bonchev–Trinajstić information content (AvgIpc) is 3.04. The van der Waals surface area contributed by atoms with Crippen molar-refractivity contribution < 1.29 is 14.0 Å². The fourth-order valence-corrected chi connectivity index (χ4v) is 2.93. The largest absolute Gasteiger partial charge is 0.441 e. The van der Waals surface area contributed by atoms with Crippen molar-refractivity contribution in [2.75, 3.05) is 23.9 Å². The lowest BCUT2D eigenvalue weighted by atomic mass is 10.0. The summed E-state index contributed by atoms with van der Waals surface area (Å²) >= 11 is 5.24. The molecule has 26 heavy (non-hydrogen) atoms. The van der Waals surface area contributed by atoms with E-state index in [-0.39, 0.29) is 10.7 Å². The van der Waals surface area contributed by atoms with Gasteiger partial charge in [0.1, 0.15) is 11.3 Å². The molecule has 1 fully saturated rings. The highest BCUT2D eigenvalue weighted by molar-refractivity contribution is 7.80. The summed E-state index contributed by atoms with van der Waals surface area (Å²) in [5.41, 5.74) is 2.58. The van der Waals surface area contributed by atoms with Gasteiger partial charge in [0.25, 0.3) is 11.8 Å². The van der Waals surface area contributed by atoms with Gasteiger partial charge in [-0.05, 0) is 55.4 Å². The van der Waals surface area contributed by atoms with Crippen LogP contribution in [0.15, 0.2) is 40.3 Å². The van der Waals surface area contributed by atoms with Gasteiger partial charge in [0.15, 0.2) is 11.0 Å². The van der Waals surface area contributed by atoms with Crippen molar-refractivity contribution in [3.05, 3.63) is 52.8 Å². The second kappa shape index (κ2) is 6.76. The molecule has 0 radical (unpaired) electrons. The molecule has 0 spiro atoms. The Balaban J connectivity index is 2.02. The summed E-state index contributed by atoms with van der Waals surface area (Å²) in [5, 5.41) is 2.65. The van der Waals surface area contributed by atoms with E-state index in [1.807, 2.05) is 40.1 Å². The normalized spacial score (nSPS) is 16.2. The van der Waals surface area contributed by atoms with Crippen molar-refractivity contribution in [3.8, 4) is 0 Å². The molecule has 2 aromatic rings. The standard InChI is InChI=1S/C19H19N3O3S/c1-11-6-5-7-15(12(11)2)22-18(24)14(17(23)20-19(22)26)10-13-8-9-16(25-13)21(3)4/h5-10H,1-4H3,(H,20,23,26)/b14-10+. The molecule has 3 rings (SSSR count). The Hall–Kier alpha value is -2.93. The molecule has 1 aromatic carbocycles. The third kappa shape index (κ3) is 3.13. The predicted octanol–water partition coefficient (Wildman–Crippen LogP) is 2.79. The molecule has 134 valence electrons. The highest BCUT2D eigenvalue weighted by atomic mass is 32.1. The van der Waals surface area contributed by atoms with Gasteiger partial charge < -0.3 is 9.32 Å². The highest BCUT2D eigenvalue weighted by Crippen LogP contribution is 2.27. The third-order valence-electron chi connectivity index (χ3n) is 4.26. The van der Waals surface area contributed by atoms with Gasteiger partial charge in [-0.1, -0.05) is 12.1 Å². The topological polar surface area (TPSA) is 65.8 Å². The van der Waals surface area contributed by atoms with Crippen LogP contribution in [0.2, 0.25) is 0 Å². The Morgan fingerprint density at radius 3 is 2.54 bits per heavy atom. The number of thiocarbonyl (C=S) groups is 1. The molecule has 1 saturated heterocycles. The second-order valence-corrected chi connectivity index (χ2v) is 6.63. The van der Waals surface area contributed by atoms with Crippen LogP contribution in [0.4, 0.5) is 11.6 Å². The second-order valence-electron chi connectivity index (χ2n) is 6.25. The van der Waals surface area contributed by atoms with E-state index in [1.54, 1.807) is 23.1 Å². The summed E-state index contributed by atoms with van der Waals surface area (Å²) in [6, 6.07) is 9.09. The minimum absolute atomic E-state index is 0.0286. The lowest BCUT2D eigenvalue weighted by Gasteiger charge is -2.30. The van der Waals surface area contributed by atoms with E-state index in [4.69, 9.17) is 16.6 Å². The molecule has 0 saturated carbocycles. The number of aryl methyl sites for hydroxylation is 1.